The first kappa shape index (κ1) is 9.79. The van der Waals surface area contributed by atoms with Crippen LogP contribution in [0.4, 0.5) is 5.69 Å². The predicted molar refractivity (Wildman–Crippen MR) is 59.0 cm³/mol. The molecule has 15 heavy (non-hydrogen) atoms. The van der Waals surface area contributed by atoms with Crippen LogP contribution in [0.25, 0.3) is 0 Å². The van der Waals surface area contributed by atoms with E-state index in [0.717, 1.165) is 11.4 Å². The van der Waals surface area contributed by atoms with E-state index in [1.807, 2.05) is 13.0 Å². The Bertz CT molecular complexity index is 467. The first-order valence-electron chi connectivity index (χ1n) is 4.39. The minimum atomic E-state index is -0.185. The molecule has 4 nitrogen and oxygen atoms in total. The number of hydrogen-bond acceptors (Lipinski definition) is 4. The Morgan fingerprint density at radius 3 is 2.93 bits per heavy atom. The molecule has 2 aromatic heterocycles. The maximum absolute atomic E-state index is 11.6. The molecule has 0 bridgehead atoms. The van der Waals surface area contributed by atoms with Crippen molar-refractivity contribution < 1.29 is 4.79 Å². The summed E-state index contributed by atoms with van der Waals surface area (Å²) in [6.45, 7) is 1.87. The Morgan fingerprint density at radius 2 is 2.27 bits per heavy atom. The molecular formula is C10H9N3OS. The number of aryl methyl sites for hydroxylation is 1. The number of pyridine rings is 1. The molecule has 0 atom stereocenters. The van der Waals surface area contributed by atoms with Gasteiger partial charge in [-0.05, 0) is 19.1 Å². The van der Waals surface area contributed by atoms with E-state index in [9.17, 15) is 4.79 Å². The molecule has 0 aliphatic carbocycles. The van der Waals surface area contributed by atoms with Gasteiger partial charge < -0.3 is 5.32 Å². The normalized spacial score (nSPS) is 9.93. The minimum absolute atomic E-state index is 0.185. The fourth-order valence-corrected chi connectivity index (χ4v) is 1.67. The Balaban J connectivity index is 2.13. The summed E-state index contributed by atoms with van der Waals surface area (Å²) in [5.41, 5.74) is 1.61. The number of nitrogens with one attached hydrogen (secondary N) is 1. The second-order valence-corrected chi connectivity index (χ2v) is 3.87. The third-order valence-corrected chi connectivity index (χ3v) is 2.55. The number of carbonyl (C=O) groups is 1. The van der Waals surface area contributed by atoms with Crippen molar-refractivity contribution in [1.82, 2.24) is 9.97 Å². The lowest BCUT2D eigenvalue weighted by molar-refractivity contribution is 0.102. The van der Waals surface area contributed by atoms with Gasteiger partial charge in [0.1, 0.15) is 0 Å². The van der Waals surface area contributed by atoms with Gasteiger partial charge in [0.05, 0.1) is 0 Å². The third-order valence-electron chi connectivity index (χ3n) is 1.78. The van der Waals surface area contributed by atoms with Gasteiger partial charge in [0.2, 0.25) is 0 Å². The number of thiazole rings is 1. The Labute approximate surface area is 91.0 Å². The van der Waals surface area contributed by atoms with Crippen LogP contribution in [0.5, 0.6) is 0 Å². The predicted octanol–water partition coefficient (Wildman–Crippen LogP) is 2.10. The number of carbonyl (C=O) groups excluding carboxylic acids is 1. The van der Waals surface area contributed by atoms with E-state index >= 15 is 0 Å². The molecule has 0 saturated carbocycles. The molecule has 0 aromatic carbocycles. The highest BCUT2D eigenvalue weighted by molar-refractivity contribution is 7.11. The number of anilines is 1. The standard InChI is InChI=1S/C10H9N3OS/c1-7-6-8(2-3-11-7)13-9(14)10-12-4-5-15-10/h2-6H,1H3,(H,11,13,14). The highest BCUT2D eigenvalue weighted by atomic mass is 32.1. The molecule has 2 rings (SSSR count). The minimum Gasteiger partial charge on any atom is -0.320 e. The van der Waals surface area contributed by atoms with Crippen LogP contribution in [0, 0.1) is 6.92 Å². The summed E-state index contributed by atoms with van der Waals surface area (Å²) in [6.07, 6.45) is 3.27. The van der Waals surface area contributed by atoms with Crippen LogP contribution in [-0.4, -0.2) is 15.9 Å². The summed E-state index contributed by atoms with van der Waals surface area (Å²) in [7, 11) is 0. The molecule has 2 aromatic rings. The third kappa shape index (κ3) is 2.38. The largest absolute Gasteiger partial charge is 0.320 e. The van der Waals surface area contributed by atoms with Gasteiger partial charge >= 0.3 is 0 Å². The van der Waals surface area contributed by atoms with Crippen LogP contribution in [0.15, 0.2) is 29.9 Å². The van der Waals surface area contributed by atoms with Crippen molar-refractivity contribution in [2.75, 3.05) is 5.32 Å². The SMILES string of the molecule is Cc1cc(NC(=O)c2nccs2)ccn1. The van der Waals surface area contributed by atoms with Gasteiger partial charge in [0.15, 0.2) is 5.01 Å². The van der Waals surface area contributed by atoms with Crippen molar-refractivity contribution in [2.45, 2.75) is 6.92 Å². The molecular weight excluding hydrogens is 210 g/mol. The Morgan fingerprint density at radius 1 is 1.40 bits per heavy atom. The van der Waals surface area contributed by atoms with E-state index in [2.05, 4.69) is 15.3 Å². The molecule has 0 unspecified atom stereocenters. The van der Waals surface area contributed by atoms with Gasteiger partial charge in [-0.1, -0.05) is 0 Å². The van der Waals surface area contributed by atoms with Crippen LogP contribution in [0.3, 0.4) is 0 Å². The van der Waals surface area contributed by atoms with Crippen LogP contribution >= 0.6 is 11.3 Å². The van der Waals surface area contributed by atoms with E-state index in [1.54, 1.807) is 23.8 Å². The molecule has 0 radical (unpaired) electrons. The van der Waals surface area contributed by atoms with Crippen molar-refractivity contribution in [1.29, 1.82) is 0 Å². The number of nitrogens with zero attached hydrogens (tertiary/aromatic N) is 2. The topological polar surface area (TPSA) is 54.9 Å². The lowest BCUT2D eigenvalue weighted by Gasteiger charge is -2.02. The zero-order valence-corrected chi connectivity index (χ0v) is 8.91. The van der Waals surface area contributed by atoms with Gasteiger partial charge in [0, 0.05) is 29.2 Å². The van der Waals surface area contributed by atoms with Crippen LogP contribution < -0.4 is 5.32 Å². The Hall–Kier alpha value is -1.75. The average Bonchev–Trinajstić information content (AvgIpc) is 2.70. The monoisotopic (exact) mass is 219 g/mol. The number of hydrogen-bond donors (Lipinski definition) is 1. The summed E-state index contributed by atoms with van der Waals surface area (Å²) in [5.74, 6) is -0.185. The van der Waals surface area contributed by atoms with Crippen molar-refractivity contribution >= 4 is 22.9 Å². The summed E-state index contributed by atoms with van der Waals surface area (Å²) in [5, 5.41) is 4.99. The molecule has 0 fully saturated rings. The highest BCUT2D eigenvalue weighted by Gasteiger charge is 2.07. The molecule has 76 valence electrons. The van der Waals surface area contributed by atoms with E-state index in [0.29, 0.717) is 5.01 Å². The zero-order chi connectivity index (χ0) is 10.7. The van der Waals surface area contributed by atoms with E-state index in [1.165, 1.54) is 11.3 Å². The highest BCUT2D eigenvalue weighted by Crippen LogP contribution is 2.10. The maximum atomic E-state index is 11.6. The zero-order valence-electron chi connectivity index (χ0n) is 8.10. The van der Waals surface area contributed by atoms with Crippen molar-refractivity contribution in [3.63, 3.8) is 0 Å². The molecule has 0 aliphatic heterocycles. The maximum Gasteiger partial charge on any atom is 0.284 e. The van der Waals surface area contributed by atoms with Gasteiger partial charge in [-0.15, -0.1) is 11.3 Å². The van der Waals surface area contributed by atoms with Crippen LogP contribution in [-0.2, 0) is 0 Å². The number of amides is 1. The summed E-state index contributed by atoms with van der Waals surface area (Å²) < 4.78 is 0. The van der Waals surface area contributed by atoms with Gasteiger partial charge in [-0.3, -0.25) is 9.78 Å². The lowest BCUT2D eigenvalue weighted by atomic mass is 10.3. The molecule has 5 heteroatoms. The van der Waals surface area contributed by atoms with Gasteiger partial charge in [0.25, 0.3) is 5.91 Å². The molecule has 1 N–H and O–H groups in total. The van der Waals surface area contributed by atoms with Gasteiger partial charge in [-0.2, -0.15) is 0 Å². The number of rotatable bonds is 2. The molecule has 0 saturated heterocycles. The lowest BCUT2D eigenvalue weighted by Crippen LogP contribution is -2.11. The second-order valence-electron chi connectivity index (χ2n) is 2.98. The van der Waals surface area contributed by atoms with E-state index in [4.69, 9.17) is 0 Å². The molecule has 1 amide bonds. The van der Waals surface area contributed by atoms with Crippen molar-refractivity contribution in [2.24, 2.45) is 0 Å². The summed E-state index contributed by atoms with van der Waals surface area (Å²) in [4.78, 5) is 19.6. The number of aromatic nitrogens is 2. The second kappa shape index (κ2) is 4.18. The van der Waals surface area contributed by atoms with Crippen LogP contribution in [0.2, 0.25) is 0 Å². The fourth-order valence-electron chi connectivity index (χ4n) is 1.14. The van der Waals surface area contributed by atoms with E-state index < -0.39 is 0 Å². The van der Waals surface area contributed by atoms with Gasteiger partial charge in [-0.25, -0.2) is 4.98 Å². The smallest absolute Gasteiger partial charge is 0.284 e. The van der Waals surface area contributed by atoms with E-state index in [-0.39, 0.29) is 5.91 Å². The first-order chi connectivity index (χ1) is 7.25. The average molecular weight is 219 g/mol. The van der Waals surface area contributed by atoms with Crippen molar-refractivity contribution in [3.05, 3.63) is 40.6 Å². The summed E-state index contributed by atoms with van der Waals surface area (Å²) >= 11 is 1.32. The fraction of sp³-hybridized carbons (Fsp3) is 0.100. The van der Waals surface area contributed by atoms with Crippen LogP contribution in [0.1, 0.15) is 15.5 Å². The quantitative estimate of drug-likeness (QED) is 0.841. The molecule has 2 heterocycles. The first-order valence-corrected chi connectivity index (χ1v) is 5.27. The molecule has 0 aliphatic rings. The molecule has 0 spiro atoms. The van der Waals surface area contributed by atoms with Crippen molar-refractivity contribution in [3.8, 4) is 0 Å². The summed E-state index contributed by atoms with van der Waals surface area (Å²) in [6, 6.07) is 3.56. The Kier molecular flexibility index (Phi) is 2.73.